The Kier molecular flexibility index (Phi) is 8.20. The van der Waals surface area contributed by atoms with Gasteiger partial charge in [-0.2, -0.15) is 0 Å². The first-order valence-electron chi connectivity index (χ1n) is 15.1. The molecule has 11 nitrogen and oxygen atoms in total. The molecule has 240 valence electrons. The van der Waals surface area contributed by atoms with Crippen LogP contribution in [0.4, 0.5) is 0 Å². The van der Waals surface area contributed by atoms with E-state index in [2.05, 4.69) is 15.0 Å². The first kappa shape index (κ1) is 30.5. The highest BCUT2D eigenvalue weighted by Crippen LogP contribution is 2.41. The molecule has 0 aliphatic carbocycles. The second kappa shape index (κ2) is 12.9. The van der Waals surface area contributed by atoms with Gasteiger partial charge in [-0.3, -0.25) is 14.4 Å². The number of aliphatic hydroxyl groups excluding tert-OH is 1. The van der Waals surface area contributed by atoms with Crippen LogP contribution in [0.15, 0.2) is 104 Å². The molecule has 48 heavy (non-hydrogen) atoms. The average Bonchev–Trinajstić information content (AvgIpc) is 3.80. The van der Waals surface area contributed by atoms with E-state index in [1.165, 1.54) is 0 Å². The number of esters is 3. The van der Waals surface area contributed by atoms with Crippen LogP contribution in [-0.4, -0.2) is 43.1 Å². The highest BCUT2D eigenvalue weighted by atomic mass is 16.6. The molecule has 0 aliphatic heterocycles. The zero-order valence-corrected chi connectivity index (χ0v) is 25.4. The summed E-state index contributed by atoms with van der Waals surface area (Å²) in [6, 6.07) is 24.7. The molecule has 0 atom stereocenters. The van der Waals surface area contributed by atoms with Crippen LogP contribution in [0.3, 0.4) is 0 Å². The third kappa shape index (κ3) is 6.27. The van der Waals surface area contributed by atoms with Gasteiger partial charge in [-0.15, -0.1) is 0 Å². The maximum Gasteiger partial charge on any atom is 0.316 e. The number of hydrogen-bond donors (Lipinski definition) is 5. The number of aromatic nitrogens is 3. The van der Waals surface area contributed by atoms with Crippen LogP contribution < -0.4 is 14.2 Å². The molecule has 0 saturated carbocycles. The molecule has 0 fully saturated rings. The quantitative estimate of drug-likeness (QED) is 0.0734. The van der Waals surface area contributed by atoms with E-state index in [1.54, 1.807) is 18.6 Å². The van der Waals surface area contributed by atoms with Gasteiger partial charge in [-0.25, -0.2) is 0 Å². The van der Waals surface area contributed by atoms with Crippen molar-refractivity contribution in [2.75, 3.05) is 0 Å². The molecule has 0 spiro atoms. The van der Waals surface area contributed by atoms with E-state index in [-0.39, 0.29) is 42.1 Å². The fraction of sp³-hybridized carbons (Fsp3) is 0.108. The van der Waals surface area contributed by atoms with Crippen LogP contribution in [0.2, 0.25) is 0 Å². The third-order valence-corrected chi connectivity index (χ3v) is 8.03. The molecule has 0 saturated heterocycles. The highest BCUT2D eigenvalue weighted by Gasteiger charge is 2.26. The molecule has 0 amide bonds. The summed E-state index contributed by atoms with van der Waals surface area (Å²) < 4.78 is 17.2. The molecule has 3 heterocycles. The Hall–Kier alpha value is -6.17. The van der Waals surface area contributed by atoms with Gasteiger partial charge in [-0.05, 0) is 47.0 Å². The summed E-state index contributed by atoms with van der Waals surface area (Å²) in [6.07, 6.45) is 2.57. The minimum absolute atomic E-state index is 0.156. The Morgan fingerprint density at radius 2 is 0.896 bits per heavy atom. The lowest BCUT2D eigenvalue weighted by molar-refractivity contribution is -0.137. The number of H-pyrrole nitrogens is 3. The molecule has 4 aromatic carbocycles. The summed E-state index contributed by atoms with van der Waals surface area (Å²) in [5, 5.41) is 22.7. The number of carbonyl (C=O) groups is 3. The number of aliphatic hydroxyl groups is 2. The molecule has 0 bridgehead atoms. The van der Waals surface area contributed by atoms with Gasteiger partial charge in [0.1, 0.15) is 0 Å². The number of benzene rings is 4. The van der Waals surface area contributed by atoms with E-state index in [0.29, 0.717) is 16.7 Å². The number of ether oxygens (including phenoxy) is 3. The zero-order chi connectivity index (χ0) is 33.2. The molecule has 5 N–H and O–H groups in total. The van der Waals surface area contributed by atoms with Crippen LogP contribution in [0.1, 0.15) is 28.5 Å². The summed E-state index contributed by atoms with van der Waals surface area (Å²) in [5.74, 6) is -3.20. The van der Waals surface area contributed by atoms with E-state index in [1.807, 2.05) is 72.8 Å². The highest BCUT2D eigenvalue weighted by molar-refractivity contribution is 5.91. The van der Waals surface area contributed by atoms with E-state index in [4.69, 9.17) is 14.2 Å². The predicted molar refractivity (Wildman–Crippen MR) is 177 cm³/mol. The normalized spacial score (nSPS) is 11.4. The monoisotopic (exact) mass is 643 g/mol. The fourth-order valence-electron chi connectivity index (χ4n) is 5.77. The number of hydrogen-bond acceptors (Lipinski definition) is 8. The van der Waals surface area contributed by atoms with Crippen molar-refractivity contribution < 1.29 is 38.8 Å². The van der Waals surface area contributed by atoms with Crippen LogP contribution in [0.25, 0.3) is 32.7 Å². The van der Waals surface area contributed by atoms with Crippen LogP contribution in [-0.2, 0) is 33.6 Å². The summed E-state index contributed by atoms with van der Waals surface area (Å²) in [7, 11) is 0. The minimum atomic E-state index is -2.03. The lowest BCUT2D eigenvalue weighted by Gasteiger charge is -2.17. The van der Waals surface area contributed by atoms with Gasteiger partial charge in [0.15, 0.2) is 17.8 Å². The largest absolute Gasteiger partial charge is 0.422 e. The number of nitrogens with one attached hydrogen (secondary N) is 3. The Morgan fingerprint density at radius 3 is 1.27 bits per heavy atom. The lowest BCUT2D eigenvalue weighted by Crippen LogP contribution is -2.18. The fourth-order valence-corrected chi connectivity index (χ4v) is 5.77. The molecule has 3 aromatic heterocycles. The molecule has 0 radical (unpaired) electrons. The van der Waals surface area contributed by atoms with Crippen LogP contribution in [0, 0.1) is 0 Å². The number of aromatic amines is 3. The molecule has 0 unspecified atom stereocenters. The van der Waals surface area contributed by atoms with Gasteiger partial charge in [0.25, 0.3) is 0 Å². The topological polar surface area (TPSA) is 167 Å². The average molecular weight is 644 g/mol. The van der Waals surface area contributed by atoms with E-state index in [0.717, 1.165) is 44.8 Å². The SMILES string of the molecule is O=C(Cc1c[nH]c2ccccc12)Oc1cc(C(O)O)cc(OC(=O)Cc2c[nH]c3ccccc23)c1OC(=O)Cc1c[nH]c2ccccc12. The van der Waals surface area contributed by atoms with Crippen molar-refractivity contribution in [1.29, 1.82) is 0 Å². The number of carbonyl (C=O) groups excluding carboxylic acids is 3. The first-order valence-corrected chi connectivity index (χ1v) is 15.1. The van der Waals surface area contributed by atoms with Gasteiger partial charge in [-0.1, -0.05) is 54.6 Å². The molecular formula is C37H29N3O8. The minimum Gasteiger partial charge on any atom is -0.422 e. The second-order valence-electron chi connectivity index (χ2n) is 11.3. The third-order valence-electron chi connectivity index (χ3n) is 8.03. The van der Waals surface area contributed by atoms with Crippen LogP contribution in [0.5, 0.6) is 17.2 Å². The van der Waals surface area contributed by atoms with Crippen molar-refractivity contribution in [2.45, 2.75) is 25.6 Å². The number of fused-ring (bicyclic) bond motifs is 3. The summed E-state index contributed by atoms with van der Waals surface area (Å²) in [5.41, 5.74) is 4.34. The second-order valence-corrected chi connectivity index (χ2v) is 11.3. The summed E-state index contributed by atoms with van der Waals surface area (Å²) in [6.45, 7) is 0. The predicted octanol–water partition coefficient (Wildman–Crippen LogP) is 5.56. The van der Waals surface area contributed by atoms with E-state index >= 15 is 0 Å². The maximum absolute atomic E-state index is 13.4. The van der Waals surface area contributed by atoms with Crippen molar-refractivity contribution in [3.05, 3.63) is 126 Å². The van der Waals surface area contributed by atoms with Crippen molar-refractivity contribution >= 4 is 50.6 Å². The molecule has 11 heteroatoms. The Labute approximate surface area is 272 Å². The van der Waals surface area contributed by atoms with E-state index < -0.39 is 24.2 Å². The smallest absolute Gasteiger partial charge is 0.316 e. The van der Waals surface area contributed by atoms with E-state index in [9.17, 15) is 24.6 Å². The van der Waals surface area contributed by atoms with Crippen LogP contribution >= 0.6 is 0 Å². The van der Waals surface area contributed by atoms with Gasteiger partial charge in [0, 0.05) is 56.9 Å². The Balaban J connectivity index is 1.21. The molecule has 7 rings (SSSR count). The number of rotatable bonds is 10. The Bertz CT molecular complexity index is 2200. The van der Waals surface area contributed by atoms with Crippen molar-refractivity contribution in [3.63, 3.8) is 0 Å². The lowest BCUT2D eigenvalue weighted by atomic mass is 10.1. The Morgan fingerprint density at radius 1 is 0.542 bits per heavy atom. The van der Waals surface area contributed by atoms with Gasteiger partial charge < -0.3 is 39.4 Å². The van der Waals surface area contributed by atoms with Crippen molar-refractivity contribution in [2.24, 2.45) is 0 Å². The molecule has 7 aromatic rings. The zero-order valence-electron chi connectivity index (χ0n) is 25.4. The van der Waals surface area contributed by atoms with Gasteiger partial charge >= 0.3 is 17.9 Å². The number of para-hydroxylation sites is 3. The van der Waals surface area contributed by atoms with Crippen molar-refractivity contribution in [3.8, 4) is 17.2 Å². The summed E-state index contributed by atoms with van der Waals surface area (Å²) in [4.78, 5) is 49.3. The van der Waals surface area contributed by atoms with Gasteiger partial charge in [0.2, 0.25) is 5.75 Å². The molecular weight excluding hydrogens is 614 g/mol. The standard InChI is InChI=1S/C37H29N3O8/c41-33(15-22-18-38-28-10-4-1-7-25(22)28)46-31-13-21(37(44)45)14-32(47-34(42)16-23-19-39-29-11-5-2-8-26(23)29)36(31)48-35(43)17-24-20-40-30-12-6-3-9-27(24)30/h1-14,18-20,37-40,44-45H,15-17H2. The van der Waals surface area contributed by atoms with Crippen molar-refractivity contribution in [1.82, 2.24) is 15.0 Å². The first-order chi connectivity index (χ1) is 23.3. The van der Waals surface area contributed by atoms with Gasteiger partial charge in [0.05, 0.1) is 19.3 Å². The summed E-state index contributed by atoms with van der Waals surface area (Å²) >= 11 is 0. The maximum atomic E-state index is 13.4. The molecule has 0 aliphatic rings.